The van der Waals surface area contributed by atoms with Crippen molar-refractivity contribution in [1.82, 2.24) is 9.62 Å². The first kappa shape index (κ1) is 20.6. The number of hydrogen-bond acceptors (Lipinski definition) is 4. The topological polar surface area (TPSA) is 58.6 Å². The van der Waals surface area contributed by atoms with Gasteiger partial charge in [0.15, 0.2) is 0 Å². The quantitative estimate of drug-likeness (QED) is 0.751. The van der Waals surface area contributed by atoms with Crippen molar-refractivity contribution in [3.63, 3.8) is 0 Å². The van der Waals surface area contributed by atoms with Crippen LogP contribution in [0.4, 0.5) is 13.2 Å². The third kappa shape index (κ3) is 5.46. The minimum absolute atomic E-state index is 0.0211. The van der Waals surface area contributed by atoms with Crippen molar-refractivity contribution in [3.8, 4) is 5.75 Å². The Morgan fingerprint density at radius 2 is 1.57 bits per heavy atom. The van der Waals surface area contributed by atoms with Crippen molar-refractivity contribution >= 4 is 10.0 Å². The van der Waals surface area contributed by atoms with Crippen LogP contribution in [0.15, 0.2) is 53.4 Å². The van der Waals surface area contributed by atoms with E-state index in [-0.39, 0.29) is 6.54 Å². The number of ether oxygens (including phenoxy) is 1. The molecule has 152 valence electrons. The van der Waals surface area contributed by atoms with E-state index in [9.17, 15) is 21.6 Å². The molecule has 0 radical (unpaired) electrons. The predicted molar refractivity (Wildman–Crippen MR) is 98.1 cm³/mol. The largest absolute Gasteiger partial charge is 0.573 e. The summed E-state index contributed by atoms with van der Waals surface area (Å²) < 4.78 is 69.1. The first-order valence-electron chi connectivity index (χ1n) is 8.88. The molecule has 0 aliphatic carbocycles. The van der Waals surface area contributed by atoms with E-state index in [1.54, 1.807) is 6.07 Å². The molecule has 0 spiro atoms. The summed E-state index contributed by atoms with van der Waals surface area (Å²) in [4.78, 5) is 1.74. The van der Waals surface area contributed by atoms with Gasteiger partial charge in [-0.25, -0.2) is 13.1 Å². The second-order valence-corrected chi connectivity index (χ2v) is 8.31. The van der Waals surface area contributed by atoms with Crippen LogP contribution >= 0.6 is 0 Å². The first-order chi connectivity index (χ1) is 13.2. The molecule has 0 saturated carbocycles. The summed E-state index contributed by atoms with van der Waals surface area (Å²) in [5, 5.41) is 0. The molecule has 1 saturated heterocycles. The van der Waals surface area contributed by atoms with Gasteiger partial charge in [-0.2, -0.15) is 0 Å². The summed E-state index contributed by atoms with van der Waals surface area (Å²) in [5.41, 5.74) is 1.78. The Bertz CT molecular complexity index is 911. The summed E-state index contributed by atoms with van der Waals surface area (Å²) in [6.45, 7) is 2.70. The molecule has 0 unspecified atom stereocenters. The van der Waals surface area contributed by atoms with E-state index >= 15 is 0 Å². The lowest BCUT2D eigenvalue weighted by Gasteiger charge is -2.18. The normalized spacial score (nSPS) is 15.7. The van der Waals surface area contributed by atoms with Gasteiger partial charge in [-0.15, -0.1) is 13.2 Å². The van der Waals surface area contributed by atoms with Gasteiger partial charge in [0.25, 0.3) is 0 Å². The molecular formula is C19H21F3N2O3S. The summed E-state index contributed by atoms with van der Waals surface area (Å²) >= 11 is 0. The fourth-order valence-corrected chi connectivity index (χ4v) is 4.33. The fourth-order valence-electron chi connectivity index (χ4n) is 3.20. The number of halogens is 3. The number of para-hydroxylation sites is 1. The number of likely N-dealkylation sites (tertiary alicyclic amines) is 1. The molecule has 0 bridgehead atoms. The Balaban J connectivity index is 1.76. The third-order valence-corrected chi connectivity index (χ3v) is 5.97. The number of alkyl halides is 3. The zero-order valence-electron chi connectivity index (χ0n) is 15.1. The molecule has 1 N–H and O–H groups in total. The summed E-state index contributed by atoms with van der Waals surface area (Å²) in [7, 11) is -4.19. The number of nitrogens with zero attached hydrogens (tertiary/aromatic N) is 1. The lowest BCUT2D eigenvalue weighted by Crippen LogP contribution is -2.26. The van der Waals surface area contributed by atoms with Gasteiger partial charge in [-0.3, -0.25) is 4.90 Å². The second kappa shape index (κ2) is 8.50. The van der Waals surface area contributed by atoms with Crippen LogP contribution in [0.1, 0.15) is 24.0 Å². The van der Waals surface area contributed by atoms with E-state index in [2.05, 4.69) is 14.4 Å². The monoisotopic (exact) mass is 414 g/mol. The minimum atomic E-state index is -4.98. The molecule has 1 heterocycles. The van der Waals surface area contributed by atoms with E-state index < -0.39 is 27.0 Å². The Labute approximate surface area is 162 Å². The Morgan fingerprint density at radius 3 is 2.25 bits per heavy atom. The van der Waals surface area contributed by atoms with Gasteiger partial charge in [0, 0.05) is 13.1 Å². The molecule has 0 atom stereocenters. The smallest absolute Gasteiger partial charge is 0.404 e. The van der Waals surface area contributed by atoms with Crippen LogP contribution in [0.5, 0.6) is 5.75 Å². The highest BCUT2D eigenvalue weighted by atomic mass is 32.2. The Morgan fingerprint density at radius 1 is 0.964 bits per heavy atom. The minimum Gasteiger partial charge on any atom is -0.404 e. The van der Waals surface area contributed by atoms with Crippen molar-refractivity contribution in [2.75, 3.05) is 13.1 Å². The Hall–Kier alpha value is -2.10. The molecule has 2 aromatic carbocycles. The number of rotatable bonds is 7. The SMILES string of the molecule is O=S(=O)(NCc1ccccc1CN1CCCC1)c1ccccc1OC(F)(F)F. The molecule has 1 aliphatic rings. The summed E-state index contributed by atoms with van der Waals surface area (Å²) in [6.07, 6.45) is -2.69. The number of benzene rings is 2. The molecule has 3 rings (SSSR count). The van der Waals surface area contributed by atoms with Crippen molar-refractivity contribution in [2.45, 2.75) is 37.2 Å². The molecule has 0 amide bonds. The van der Waals surface area contributed by atoms with Crippen molar-refractivity contribution in [3.05, 3.63) is 59.7 Å². The molecule has 5 nitrogen and oxygen atoms in total. The van der Waals surface area contributed by atoms with Crippen molar-refractivity contribution < 1.29 is 26.3 Å². The van der Waals surface area contributed by atoms with Crippen LogP contribution in [0, 0.1) is 0 Å². The van der Waals surface area contributed by atoms with Gasteiger partial charge in [-0.05, 0) is 49.2 Å². The lowest BCUT2D eigenvalue weighted by atomic mass is 10.1. The highest BCUT2D eigenvalue weighted by Crippen LogP contribution is 2.29. The predicted octanol–water partition coefficient (Wildman–Crippen LogP) is 3.66. The maximum Gasteiger partial charge on any atom is 0.573 e. The average molecular weight is 414 g/mol. The molecule has 1 fully saturated rings. The summed E-state index contributed by atoms with van der Waals surface area (Å²) in [5.74, 6) is -0.757. The van der Waals surface area contributed by atoms with Crippen LogP contribution in [-0.2, 0) is 23.1 Å². The zero-order chi connectivity index (χ0) is 20.2. The molecule has 2 aromatic rings. The number of sulfonamides is 1. The maximum absolute atomic E-state index is 12.6. The van der Waals surface area contributed by atoms with Crippen molar-refractivity contribution in [1.29, 1.82) is 0 Å². The van der Waals surface area contributed by atoms with E-state index in [1.165, 1.54) is 12.1 Å². The highest BCUT2D eigenvalue weighted by molar-refractivity contribution is 7.89. The van der Waals surface area contributed by atoms with Crippen LogP contribution in [0.3, 0.4) is 0 Å². The van der Waals surface area contributed by atoms with Crippen LogP contribution in [0.2, 0.25) is 0 Å². The van der Waals surface area contributed by atoms with Gasteiger partial charge in [0.2, 0.25) is 10.0 Å². The van der Waals surface area contributed by atoms with E-state index in [4.69, 9.17) is 0 Å². The summed E-state index contributed by atoms with van der Waals surface area (Å²) in [6, 6.07) is 12.1. The van der Waals surface area contributed by atoms with Gasteiger partial charge in [-0.1, -0.05) is 36.4 Å². The molecule has 9 heteroatoms. The van der Waals surface area contributed by atoms with Crippen LogP contribution < -0.4 is 9.46 Å². The second-order valence-electron chi connectivity index (χ2n) is 6.57. The van der Waals surface area contributed by atoms with Gasteiger partial charge < -0.3 is 4.74 Å². The fraction of sp³-hybridized carbons (Fsp3) is 0.368. The van der Waals surface area contributed by atoms with E-state index in [0.717, 1.165) is 49.2 Å². The maximum atomic E-state index is 12.6. The zero-order valence-corrected chi connectivity index (χ0v) is 15.9. The van der Waals surface area contributed by atoms with Crippen LogP contribution in [-0.4, -0.2) is 32.8 Å². The van der Waals surface area contributed by atoms with Gasteiger partial charge >= 0.3 is 6.36 Å². The standard InChI is InChI=1S/C19H21F3N2O3S/c20-19(21,22)27-17-9-3-4-10-18(17)28(25,26)23-13-15-7-1-2-8-16(15)14-24-11-5-6-12-24/h1-4,7-10,23H,5-6,11-14H2. The van der Waals surface area contributed by atoms with Crippen molar-refractivity contribution in [2.24, 2.45) is 0 Å². The number of hydrogen-bond donors (Lipinski definition) is 1. The average Bonchev–Trinajstić information content (AvgIpc) is 3.13. The van der Waals surface area contributed by atoms with Gasteiger partial charge in [0.05, 0.1) is 0 Å². The lowest BCUT2D eigenvalue weighted by molar-refractivity contribution is -0.275. The molecule has 1 aliphatic heterocycles. The van der Waals surface area contributed by atoms with E-state index in [1.807, 2.05) is 18.2 Å². The number of nitrogens with one attached hydrogen (secondary N) is 1. The molecule has 0 aromatic heterocycles. The Kier molecular flexibility index (Phi) is 6.26. The van der Waals surface area contributed by atoms with Crippen LogP contribution in [0.25, 0.3) is 0 Å². The molecular weight excluding hydrogens is 393 g/mol. The molecule has 28 heavy (non-hydrogen) atoms. The van der Waals surface area contributed by atoms with E-state index in [0.29, 0.717) is 6.54 Å². The highest BCUT2D eigenvalue weighted by Gasteiger charge is 2.34. The van der Waals surface area contributed by atoms with Gasteiger partial charge in [0.1, 0.15) is 10.6 Å². The first-order valence-corrected chi connectivity index (χ1v) is 10.4. The third-order valence-electron chi connectivity index (χ3n) is 4.53.